The Morgan fingerprint density at radius 1 is 0.818 bits per heavy atom. The van der Waals surface area contributed by atoms with Gasteiger partial charge in [0.2, 0.25) is 0 Å². The van der Waals surface area contributed by atoms with Gasteiger partial charge in [0.25, 0.3) is 0 Å². The van der Waals surface area contributed by atoms with E-state index >= 15 is 0 Å². The molecule has 0 bridgehead atoms. The van der Waals surface area contributed by atoms with Gasteiger partial charge in [-0.25, -0.2) is 0 Å². The van der Waals surface area contributed by atoms with Crippen LogP contribution in [0.4, 0.5) is 0 Å². The first-order valence-corrected chi connectivity index (χ1v) is 12.7. The van der Waals surface area contributed by atoms with E-state index < -0.39 is 0 Å². The second-order valence-corrected chi connectivity index (χ2v) is 7.80. The highest BCUT2D eigenvalue weighted by atomic mass is 79.9. The van der Waals surface area contributed by atoms with Crippen molar-refractivity contribution in [1.29, 1.82) is 0 Å². The molecule has 0 saturated heterocycles. The number of methoxy groups -OCH3 is 2. The van der Waals surface area contributed by atoms with Crippen LogP contribution in [0.2, 0.25) is 0 Å². The van der Waals surface area contributed by atoms with E-state index in [-0.39, 0.29) is 12.6 Å². The smallest absolute Gasteiger partial charge is 0.302 e. The lowest BCUT2D eigenvalue weighted by atomic mass is 10.1. The highest BCUT2D eigenvalue weighted by Crippen LogP contribution is 2.31. The van der Waals surface area contributed by atoms with Gasteiger partial charge < -0.3 is 28.8 Å². The monoisotopic (exact) mass is 590 g/mol. The van der Waals surface area contributed by atoms with Crippen LogP contribution in [0, 0.1) is 0 Å². The second-order valence-electron chi connectivity index (χ2n) is 6.68. The third kappa shape index (κ3) is 11.6. The molecule has 9 heteroatoms. The summed E-state index contributed by atoms with van der Waals surface area (Å²) in [6, 6.07) is 11.3. The molecule has 2 aromatic carbocycles. The molecule has 0 radical (unpaired) electrons. The molecule has 2 rings (SSSR count). The average molecular weight is 592 g/mol. The highest BCUT2D eigenvalue weighted by molar-refractivity contribution is 9.08. The van der Waals surface area contributed by atoms with Gasteiger partial charge in [-0.3, -0.25) is 4.79 Å². The van der Waals surface area contributed by atoms with Crippen molar-refractivity contribution in [3.05, 3.63) is 47.5 Å². The summed E-state index contributed by atoms with van der Waals surface area (Å²) in [7, 11) is 3.28. The highest BCUT2D eigenvalue weighted by Gasteiger charge is 2.10. The van der Waals surface area contributed by atoms with E-state index in [0.717, 1.165) is 34.1 Å². The van der Waals surface area contributed by atoms with Crippen molar-refractivity contribution in [3.8, 4) is 23.0 Å². The number of ether oxygens (including phenoxy) is 5. The minimum absolute atomic E-state index is 0.163. The van der Waals surface area contributed by atoms with Gasteiger partial charge in [0, 0.05) is 48.2 Å². The maximum absolute atomic E-state index is 10.6. The summed E-state index contributed by atoms with van der Waals surface area (Å²) in [4.78, 5) is 10.6. The van der Waals surface area contributed by atoms with Crippen LogP contribution in [0.1, 0.15) is 30.9 Å². The molecule has 0 atom stereocenters. The molecule has 0 heterocycles. The fraction of sp³-hybridized carbons (Fsp3) is 0.458. The Labute approximate surface area is 212 Å². The van der Waals surface area contributed by atoms with Gasteiger partial charge in [0.15, 0.2) is 0 Å². The van der Waals surface area contributed by atoms with Gasteiger partial charge in [-0.05, 0) is 36.4 Å². The number of carbonyl (C=O) groups excluding carboxylic acids is 1. The molecule has 1 N–H and O–H groups in total. The fourth-order valence-corrected chi connectivity index (χ4v) is 3.44. The predicted octanol–water partition coefficient (Wildman–Crippen LogP) is 5.27. The SMILES string of the molecule is COc1cc(CBr)c(OCCCOC(C)=O)cc1CBr.COc1ccc(OCCCO)cc1. The first-order chi connectivity index (χ1) is 16.0. The number of halogens is 2. The molecule has 0 aromatic heterocycles. The van der Waals surface area contributed by atoms with E-state index in [0.29, 0.717) is 43.3 Å². The molecule has 0 amide bonds. The molecule has 184 valence electrons. The molecule has 2 aromatic rings. The molecular formula is C24H32Br2O7. The normalized spacial score (nSPS) is 10.0. The van der Waals surface area contributed by atoms with Crippen LogP contribution in [0.3, 0.4) is 0 Å². The summed E-state index contributed by atoms with van der Waals surface area (Å²) < 4.78 is 26.3. The van der Waals surface area contributed by atoms with Crippen LogP contribution in [0.25, 0.3) is 0 Å². The average Bonchev–Trinajstić information content (AvgIpc) is 2.84. The Morgan fingerprint density at radius 2 is 1.39 bits per heavy atom. The largest absolute Gasteiger partial charge is 0.497 e. The maximum atomic E-state index is 10.6. The lowest BCUT2D eigenvalue weighted by molar-refractivity contribution is -0.141. The van der Waals surface area contributed by atoms with Crippen molar-refractivity contribution in [3.63, 3.8) is 0 Å². The van der Waals surface area contributed by atoms with E-state index in [1.807, 2.05) is 36.4 Å². The molecule has 0 aliphatic carbocycles. The molecule has 0 fully saturated rings. The van der Waals surface area contributed by atoms with Gasteiger partial charge in [-0.2, -0.15) is 0 Å². The van der Waals surface area contributed by atoms with Gasteiger partial charge in [-0.1, -0.05) is 31.9 Å². The third-order valence-corrected chi connectivity index (χ3v) is 5.44. The standard InChI is InChI=1S/C14H18Br2O4.C10H14O3/c1-10(17)19-4-3-5-20-14-7-11(8-15)13(18-2)6-12(14)9-16;1-12-9-3-5-10(6-4-9)13-8-2-7-11/h6-7H,3-5,8-9H2,1-2H3;3-6,11H,2,7-8H2,1H3. The van der Waals surface area contributed by atoms with Crippen LogP contribution < -0.4 is 18.9 Å². The second kappa shape index (κ2) is 17.5. The summed E-state index contributed by atoms with van der Waals surface area (Å²) in [5.41, 5.74) is 2.06. The van der Waals surface area contributed by atoms with E-state index in [1.165, 1.54) is 6.92 Å². The number of carbonyl (C=O) groups is 1. The lowest BCUT2D eigenvalue weighted by Gasteiger charge is -2.14. The first-order valence-electron chi connectivity index (χ1n) is 10.4. The summed E-state index contributed by atoms with van der Waals surface area (Å²) in [5, 5.41) is 9.91. The molecule has 0 aliphatic heterocycles. The number of aliphatic hydroxyl groups excluding tert-OH is 1. The molecule has 0 aliphatic rings. The summed E-state index contributed by atoms with van der Waals surface area (Å²) in [5.74, 6) is 3.00. The van der Waals surface area contributed by atoms with Crippen LogP contribution in [0.15, 0.2) is 36.4 Å². The van der Waals surface area contributed by atoms with E-state index in [4.69, 9.17) is 28.8 Å². The van der Waals surface area contributed by atoms with Crippen molar-refractivity contribution >= 4 is 37.8 Å². The number of hydrogen-bond donors (Lipinski definition) is 1. The zero-order valence-corrected chi connectivity index (χ0v) is 22.4. The Kier molecular flexibility index (Phi) is 15.4. The summed E-state index contributed by atoms with van der Waals surface area (Å²) in [6.07, 6.45) is 1.32. The van der Waals surface area contributed by atoms with Gasteiger partial charge in [0.05, 0.1) is 34.0 Å². The molecule has 0 spiro atoms. The predicted molar refractivity (Wildman–Crippen MR) is 135 cm³/mol. The quantitative estimate of drug-likeness (QED) is 0.193. The van der Waals surface area contributed by atoms with Crippen molar-refractivity contribution < 1.29 is 33.6 Å². The molecule has 0 saturated carbocycles. The Hall–Kier alpha value is -1.97. The molecular weight excluding hydrogens is 560 g/mol. The zero-order valence-electron chi connectivity index (χ0n) is 19.3. The summed E-state index contributed by atoms with van der Waals surface area (Å²) >= 11 is 6.88. The first kappa shape index (κ1) is 29.1. The number of benzene rings is 2. The Morgan fingerprint density at radius 3 is 1.94 bits per heavy atom. The van der Waals surface area contributed by atoms with E-state index in [1.54, 1.807) is 14.2 Å². The molecule has 0 unspecified atom stereocenters. The Balaban J connectivity index is 0.000000361. The topological polar surface area (TPSA) is 83.5 Å². The zero-order chi connectivity index (χ0) is 24.5. The van der Waals surface area contributed by atoms with Gasteiger partial charge >= 0.3 is 5.97 Å². The van der Waals surface area contributed by atoms with Crippen molar-refractivity contribution in [1.82, 2.24) is 0 Å². The van der Waals surface area contributed by atoms with Crippen molar-refractivity contribution in [2.75, 3.05) is 40.6 Å². The van der Waals surface area contributed by atoms with Crippen molar-refractivity contribution in [2.24, 2.45) is 0 Å². The van der Waals surface area contributed by atoms with Crippen LogP contribution in [0.5, 0.6) is 23.0 Å². The Bertz CT molecular complexity index is 813. The number of aliphatic hydroxyl groups is 1. The van der Waals surface area contributed by atoms with Gasteiger partial charge in [-0.15, -0.1) is 0 Å². The summed E-state index contributed by atoms with van der Waals surface area (Å²) in [6.45, 7) is 2.98. The lowest BCUT2D eigenvalue weighted by Crippen LogP contribution is -2.07. The van der Waals surface area contributed by atoms with Crippen LogP contribution in [-0.2, 0) is 20.2 Å². The third-order valence-electron chi connectivity index (χ3n) is 4.23. The molecule has 7 nitrogen and oxygen atoms in total. The van der Waals surface area contributed by atoms with Crippen LogP contribution >= 0.6 is 31.9 Å². The van der Waals surface area contributed by atoms with Gasteiger partial charge in [0.1, 0.15) is 23.0 Å². The van der Waals surface area contributed by atoms with E-state index in [9.17, 15) is 4.79 Å². The minimum atomic E-state index is -0.267. The van der Waals surface area contributed by atoms with Crippen LogP contribution in [-0.4, -0.2) is 51.7 Å². The minimum Gasteiger partial charge on any atom is -0.497 e. The van der Waals surface area contributed by atoms with Crippen molar-refractivity contribution in [2.45, 2.75) is 30.4 Å². The number of esters is 1. The fourth-order valence-electron chi connectivity index (χ4n) is 2.56. The molecule has 33 heavy (non-hydrogen) atoms. The number of rotatable bonds is 13. The number of hydrogen-bond acceptors (Lipinski definition) is 7. The number of alkyl halides is 2. The maximum Gasteiger partial charge on any atom is 0.302 e. The van der Waals surface area contributed by atoms with E-state index in [2.05, 4.69) is 31.9 Å².